The summed E-state index contributed by atoms with van der Waals surface area (Å²) in [6.07, 6.45) is 1.17. The second-order valence-corrected chi connectivity index (χ2v) is 6.32. The lowest BCUT2D eigenvalue weighted by Gasteiger charge is -2.11. The van der Waals surface area contributed by atoms with Gasteiger partial charge in [-0.05, 0) is 25.3 Å². The smallest absolute Gasteiger partial charge is 0.306 e. The van der Waals surface area contributed by atoms with Gasteiger partial charge in [-0.1, -0.05) is 38.1 Å². The van der Waals surface area contributed by atoms with Crippen LogP contribution < -0.4 is 5.32 Å². The Morgan fingerprint density at radius 3 is 2.58 bits per heavy atom. The molecule has 2 aromatic rings. The van der Waals surface area contributed by atoms with Crippen LogP contribution in [0.2, 0.25) is 0 Å². The summed E-state index contributed by atoms with van der Waals surface area (Å²) in [6.45, 7) is 5.55. The Bertz CT molecular complexity index is 695. The van der Waals surface area contributed by atoms with Gasteiger partial charge in [0.05, 0.1) is 5.69 Å². The van der Waals surface area contributed by atoms with Crippen molar-refractivity contribution in [1.29, 1.82) is 0 Å². The largest absolute Gasteiger partial charge is 0.453 e. The van der Waals surface area contributed by atoms with Crippen molar-refractivity contribution >= 4 is 28.3 Å². The molecule has 1 heterocycles. The number of aromatic nitrogens is 1. The number of hydrogen-bond donors (Lipinski definition) is 1. The van der Waals surface area contributed by atoms with Gasteiger partial charge in [-0.3, -0.25) is 14.9 Å². The van der Waals surface area contributed by atoms with E-state index in [2.05, 4.69) is 29.4 Å². The van der Waals surface area contributed by atoms with Crippen LogP contribution in [0.25, 0.3) is 11.3 Å². The zero-order valence-corrected chi connectivity index (χ0v) is 15.0. The molecule has 2 rings (SSSR count). The highest BCUT2D eigenvalue weighted by molar-refractivity contribution is 7.14. The monoisotopic (exact) mass is 346 g/mol. The van der Waals surface area contributed by atoms with Gasteiger partial charge >= 0.3 is 5.97 Å². The van der Waals surface area contributed by atoms with Crippen LogP contribution in [0.3, 0.4) is 0 Å². The quantitative estimate of drug-likeness (QED) is 0.768. The van der Waals surface area contributed by atoms with Crippen molar-refractivity contribution < 1.29 is 14.3 Å². The molecule has 6 heteroatoms. The minimum absolute atomic E-state index is 0.312. The fraction of sp³-hybridized carbons (Fsp3) is 0.389. The van der Waals surface area contributed by atoms with Crippen LogP contribution in [-0.4, -0.2) is 23.0 Å². The van der Waals surface area contributed by atoms with Gasteiger partial charge in [0, 0.05) is 17.4 Å². The van der Waals surface area contributed by atoms with Gasteiger partial charge in [0.1, 0.15) is 0 Å². The first-order valence-corrected chi connectivity index (χ1v) is 8.96. The number of aryl methyl sites for hydroxylation is 1. The third-order valence-electron chi connectivity index (χ3n) is 3.52. The fourth-order valence-corrected chi connectivity index (χ4v) is 2.82. The third-order valence-corrected chi connectivity index (χ3v) is 4.28. The van der Waals surface area contributed by atoms with Crippen molar-refractivity contribution in [1.82, 2.24) is 4.98 Å². The summed E-state index contributed by atoms with van der Waals surface area (Å²) in [7, 11) is 0. The first-order valence-electron chi connectivity index (χ1n) is 8.08. The van der Waals surface area contributed by atoms with Gasteiger partial charge in [-0.2, -0.15) is 0 Å². The van der Waals surface area contributed by atoms with Crippen molar-refractivity contribution in [3.8, 4) is 11.3 Å². The maximum absolute atomic E-state index is 12.1. The molecular formula is C18H22N2O3S. The van der Waals surface area contributed by atoms with E-state index in [0.29, 0.717) is 18.0 Å². The number of anilines is 1. The van der Waals surface area contributed by atoms with Crippen LogP contribution in [0, 0.1) is 0 Å². The van der Waals surface area contributed by atoms with Crippen LogP contribution in [0.4, 0.5) is 5.13 Å². The average molecular weight is 346 g/mol. The van der Waals surface area contributed by atoms with Crippen molar-refractivity contribution in [2.24, 2.45) is 0 Å². The van der Waals surface area contributed by atoms with Gasteiger partial charge in [0.25, 0.3) is 5.91 Å². The van der Waals surface area contributed by atoms with E-state index in [4.69, 9.17) is 4.74 Å². The minimum Gasteiger partial charge on any atom is -0.453 e. The van der Waals surface area contributed by atoms with E-state index < -0.39 is 6.10 Å². The standard InChI is InChI=1S/C18H22N2O3S/c1-4-6-16(21)23-12(3)17(22)20-18-19-15(11-24-18)14-9-7-13(5-2)8-10-14/h7-12H,4-6H2,1-3H3,(H,19,20,22)/t12-/m1/s1. The molecule has 1 aromatic heterocycles. The van der Waals surface area contributed by atoms with Crippen LogP contribution in [0.15, 0.2) is 29.6 Å². The van der Waals surface area contributed by atoms with E-state index in [0.717, 1.165) is 17.7 Å². The fourth-order valence-electron chi connectivity index (χ4n) is 2.10. The van der Waals surface area contributed by atoms with Crippen molar-refractivity contribution in [3.63, 3.8) is 0 Å². The maximum atomic E-state index is 12.1. The number of ether oxygens (including phenoxy) is 1. The predicted molar refractivity (Wildman–Crippen MR) is 96.0 cm³/mol. The van der Waals surface area contributed by atoms with Crippen LogP contribution >= 0.6 is 11.3 Å². The number of nitrogens with zero attached hydrogens (tertiary/aromatic N) is 1. The molecule has 0 spiro atoms. The molecular weight excluding hydrogens is 324 g/mol. The Hall–Kier alpha value is -2.21. The van der Waals surface area contributed by atoms with Gasteiger partial charge in [-0.25, -0.2) is 4.98 Å². The summed E-state index contributed by atoms with van der Waals surface area (Å²) in [5.41, 5.74) is 3.09. The van der Waals surface area contributed by atoms with Gasteiger partial charge in [0.2, 0.25) is 0 Å². The average Bonchev–Trinajstić information content (AvgIpc) is 3.03. The molecule has 0 unspecified atom stereocenters. The molecule has 0 aliphatic carbocycles. The topological polar surface area (TPSA) is 68.3 Å². The zero-order chi connectivity index (χ0) is 17.5. The summed E-state index contributed by atoms with van der Waals surface area (Å²) in [4.78, 5) is 27.9. The first kappa shape index (κ1) is 18.1. The van der Waals surface area contributed by atoms with E-state index >= 15 is 0 Å². The van der Waals surface area contributed by atoms with Crippen LogP contribution in [-0.2, 0) is 20.7 Å². The third kappa shape index (κ3) is 4.89. The van der Waals surface area contributed by atoms with Gasteiger partial charge in [-0.15, -0.1) is 11.3 Å². The molecule has 0 aliphatic heterocycles. The number of thiazole rings is 1. The second-order valence-electron chi connectivity index (χ2n) is 5.46. The van der Waals surface area contributed by atoms with E-state index in [1.807, 2.05) is 24.4 Å². The Kier molecular flexibility index (Phi) is 6.49. The van der Waals surface area contributed by atoms with Crippen LogP contribution in [0.1, 0.15) is 39.2 Å². The second kappa shape index (κ2) is 8.59. The maximum Gasteiger partial charge on any atom is 0.306 e. The normalized spacial score (nSPS) is 11.8. The molecule has 1 N–H and O–H groups in total. The minimum atomic E-state index is -0.833. The highest BCUT2D eigenvalue weighted by Gasteiger charge is 2.18. The molecule has 1 atom stereocenters. The highest BCUT2D eigenvalue weighted by Crippen LogP contribution is 2.25. The van der Waals surface area contributed by atoms with Crippen molar-refractivity contribution in [2.45, 2.75) is 46.1 Å². The first-order chi connectivity index (χ1) is 11.5. The molecule has 0 saturated carbocycles. The van der Waals surface area contributed by atoms with E-state index in [1.165, 1.54) is 16.9 Å². The summed E-state index contributed by atoms with van der Waals surface area (Å²) in [5, 5.41) is 5.08. The molecule has 5 nitrogen and oxygen atoms in total. The summed E-state index contributed by atoms with van der Waals surface area (Å²) in [5.74, 6) is -0.738. The number of amides is 1. The van der Waals surface area contributed by atoms with Gasteiger partial charge < -0.3 is 4.74 Å². The SMILES string of the molecule is CCCC(=O)O[C@H](C)C(=O)Nc1nc(-c2ccc(CC)cc2)cs1. The lowest BCUT2D eigenvalue weighted by Crippen LogP contribution is -2.29. The summed E-state index contributed by atoms with van der Waals surface area (Å²) in [6, 6.07) is 8.19. The number of carbonyl (C=O) groups excluding carboxylic acids is 2. The Balaban J connectivity index is 1.97. The van der Waals surface area contributed by atoms with E-state index in [-0.39, 0.29) is 11.9 Å². The molecule has 1 aromatic carbocycles. The van der Waals surface area contributed by atoms with Gasteiger partial charge in [0.15, 0.2) is 11.2 Å². The molecule has 24 heavy (non-hydrogen) atoms. The molecule has 0 aliphatic rings. The van der Waals surface area contributed by atoms with Crippen molar-refractivity contribution in [2.75, 3.05) is 5.32 Å². The Morgan fingerprint density at radius 1 is 1.25 bits per heavy atom. The number of rotatable bonds is 7. The molecule has 0 radical (unpaired) electrons. The Labute approximate surface area is 146 Å². The zero-order valence-electron chi connectivity index (χ0n) is 14.2. The molecule has 1 amide bonds. The number of hydrogen-bond acceptors (Lipinski definition) is 5. The summed E-state index contributed by atoms with van der Waals surface area (Å²) < 4.78 is 5.07. The van der Waals surface area contributed by atoms with E-state index in [1.54, 1.807) is 6.92 Å². The number of esters is 1. The lowest BCUT2D eigenvalue weighted by atomic mass is 10.1. The molecule has 0 bridgehead atoms. The Morgan fingerprint density at radius 2 is 1.96 bits per heavy atom. The number of benzene rings is 1. The summed E-state index contributed by atoms with van der Waals surface area (Å²) >= 11 is 1.35. The lowest BCUT2D eigenvalue weighted by molar-refractivity contribution is -0.153. The molecule has 0 saturated heterocycles. The van der Waals surface area contributed by atoms with Crippen LogP contribution in [0.5, 0.6) is 0 Å². The highest BCUT2D eigenvalue weighted by atomic mass is 32.1. The predicted octanol–water partition coefficient (Wildman–Crippen LogP) is 4.04. The molecule has 0 fully saturated rings. The molecule has 128 valence electrons. The van der Waals surface area contributed by atoms with Crippen molar-refractivity contribution in [3.05, 3.63) is 35.2 Å². The number of carbonyl (C=O) groups is 2. The number of nitrogens with one attached hydrogen (secondary N) is 1. The van der Waals surface area contributed by atoms with E-state index in [9.17, 15) is 9.59 Å².